The fourth-order valence-electron chi connectivity index (χ4n) is 1.80. The van der Waals surface area contributed by atoms with Gasteiger partial charge in [-0.25, -0.2) is 0 Å². The Balaban J connectivity index is 2.60. The number of aliphatic hydroxyl groups excluding tert-OH is 2. The first-order valence-corrected chi connectivity index (χ1v) is 5.07. The van der Waals surface area contributed by atoms with E-state index in [0.717, 1.165) is 6.42 Å². The van der Waals surface area contributed by atoms with Crippen LogP contribution >= 0.6 is 0 Å². The van der Waals surface area contributed by atoms with Gasteiger partial charge in [0, 0.05) is 6.42 Å². The minimum Gasteiger partial charge on any atom is -0.390 e. The highest BCUT2D eigenvalue weighted by Gasteiger charge is 2.37. The van der Waals surface area contributed by atoms with E-state index in [9.17, 15) is 10.2 Å². The van der Waals surface area contributed by atoms with Crippen molar-refractivity contribution in [2.45, 2.75) is 58.0 Å². The van der Waals surface area contributed by atoms with Crippen LogP contribution in [0.5, 0.6) is 0 Å². The molecule has 1 heterocycles. The van der Waals surface area contributed by atoms with Gasteiger partial charge in [0.2, 0.25) is 0 Å². The van der Waals surface area contributed by atoms with Crippen molar-refractivity contribution in [2.75, 3.05) is 0 Å². The van der Waals surface area contributed by atoms with Gasteiger partial charge in [0.1, 0.15) is 6.10 Å². The van der Waals surface area contributed by atoms with E-state index in [1.807, 2.05) is 20.8 Å². The van der Waals surface area contributed by atoms with E-state index in [-0.39, 0.29) is 18.1 Å². The first kappa shape index (κ1) is 11.0. The Morgan fingerprint density at radius 3 is 2.46 bits per heavy atom. The molecule has 3 heteroatoms. The van der Waals surface area contributed by atoms with Crippen molar-refractivity contribution in [3.05, 3.63) is 0 Å². The molecule has 2 N–H and O–H groups in total. The molecule has 3 unspecified atom stereocenters. The number of hydrogen-bond acceptors (Lipinski definition) is 3. The van der Waals surface area contributed by atoms with Crippen molar-refractivity contribution < 1.29 is 14.9 Å². The topological polar surface area (TPSA) is 49.7 Å². The number of hydrogen-bond donors (Lipinski definition) is 2. The molecule has 0 radical (unpaired) electrons. The summed E-state index contributed by atoms with van der Waals surface area (Å²) in [6.07, 6.45) is 0.00171. The zero-order chi connectivity index (χ0) is 10.0. The third kappa shape index (κ3) is 2.42. The van der Waals surface area contributed by atoms with Crippen molar-refractivity contribution in [3.8, 4) is 0 Å². The van der Waals surface area contributed by atoms with E-state index in [0.29, 0.717) is 6.42 Å². The fourth-order valence-corrected chi connectivity index (χ4v) is 1.80. The normalized spacial score (nSPS) is 41.1. The summed E-state index contributed by atoms with van der Waals surface area (Å²) in [6, 6.07) is 0. The molecule has 1 rings (SSSR count). The van der Waals surface area contributed by atoms with Crippen molar-refractivity contribution in [2.24, 2.45) is 5.92 Å². The summed E-state index contributed by atoms with van der Waals surface area (Å²) in [5, 5.41) is 19.2. The molecule has 0 saturated carbocycles. The standard InChI is InChI=1S/C10H20O3/c1-4-7-5-8(11)9(12)10(13-7)6(2)3/h6-12H,4-5H2,1-3H3/t7?,8?,9-,10?/m1/s1. The molecule has 0 aromatic heterocycles. The summed E-state index contributed by atoms with van der Waals surface area (Å²) in [7, 11) is 0. The summed E-state index contributed by atoms with van der Waals surface area (Å²) in [5.41, 5.74) is 0. The molecule has 4 atom stereocenters. The van der Waals surface area contributed by atoms with Gasteiger partial charge in [-0.1, -0.05) is 20.8 Å². The second-order valence-corrected chi connectivity index (χ2v) is 4.17. The van der Waals surface area contributed by atoms with E-state index in [1.165, 1.54) is 0 Å². The van der Waals surface area contributed by atoms with E-state index < -0.39 is 12.2 Å². The summed E-state index contributed by atoms with van der Waals surface area (Å²) in [5.74, 6) is 0.249. The van der Waals surface area contributed by atoms with Crippen molar-refractivity contribution in [1.29, 1.82) is 0 Å². The molecule has 0 spiro atoms. The zero-order valence-corrected chi connectivity index (χ0v) is 8.60. The Hall–Kier alpha value is -0.120. The fraction of sp³-hybridized carbons (Fsp3) is 1.00. The molecule has 0 aromatic rings. The van der Waals surface area contributed by atoms with E-state index in [4.69, 9.17) is 4.74 Å². The third-order valence-corrected chi connectivity index (χ3v) is 2.70. The van der Waals surface area contributed by atoms with E-state index in [1.54, 1.807) is 0 Å². The van der Waals surface area contributed by atoms with Gasteiger partial charge in [-0.05, 0) is 12.3 Å². The lowest BCUT2D eigenvalue weighted by molar-refractivity contribution is -0.182. The van der Waals surface area contributed by atoms with E-state index >= 15 is 0 Å². The maximum absolute atomic E-state index is 9.65. The number of rotatable bonds is 2. The summed E-state index contributed by atoms with van der Waals surface area (Å²) in [4.78, 5) is 0. The first-order valence-electron chi connectivity index (χ1n) is 5.07. The molecule has 0 aliphatic carbocycles. The quantitative estimate of drug-likeness (QED) is 0.678. The molecule has 1 aliphatic rings. The highest BCUT2D eigenvalue weighted by atomic mass is 16.5. The highest BCUT2D eigenvalue weighted by molar-refractivity contribution is 4.86. The van der Waals surface area contributed by atoms with Gasteiger partial charge >= 0.3 is 0 Å². The Labute approximate surface area is 79.7 Å². The second-order valence-electron chi connectivity index (χ2n) is 4.17. The maximum Gasteiger partial charge on any atom is 0.106 e. The molecular weight excluding hydrogens is 168 g/mol. The van der Waals surface area contributed by atoms with Crippen LogP contribution in [-0.2, 0) is 4.74 Å². The summed E-state index contributed by atoms with van der Waals surface area (Å²) < 4.78 is 5.67. The van der Waals surface area contributed by atoms with Crippen LogP contribution in [0.3, 0.4) is 0 Å². The SMILES string of the molecule is CCC1CC(O)[C@@H](O)C(C(C)C)O1. The Morgan fingerprint density at radius 2 is 2.00 bits per heavy atom. The van der Waals surface area contributed by atoms with Gasteiger partial charge in [-0.15, -0.1) is 0 Å². The van der Waals surface area contributed by atoms with Gasteiger partial charge < -0.3 is 14.9 Å². The largest absolute Gasteiger partial charge is 0.390 e. The molecule has 0 aromatic carbocycles. The second kappa shape index (κ2) is 4.40. The molecule has 3 nitrogen and oxygen atoms in total. The van der Waals surface area contributed by atoms with Crippen LogP contribution in [0.4, 0.5) is 0 Å². The predicted octanol–water partition coefficient (Wildman–Crippen LogP) is 0.932. The molecule has 0 bridgehead atoms. The molecule has 1 saturated heterocycles. The van der Waals surface area contributed by atoms with Crippen LogP contribution in [0.25, 0.3) is 0 Å². The van der Waals surface area contributed by atoms with Crippen LogP contribution in [-0.4, -0.2) is 34.6 Å². The molecule has 0 amide bonds. The van der Waals surface area contributed by atoms with E-state index in [2.05, 4.69) is 0 Å². The Kier molecular flexibility index (Phi) is 3.71. The number of ether oxygens (including phenoxy) is 1. The lowest BCUT2D eigenvalue weighted by Crippen LogP contribution is -2.50. The molecule has 13 heavy (non-hydrogen) atoms. The molecule has 1 aliphatic heterocycles. The van der Waals surface area contributed by atoms with Gasteiger partial charge in [-0.3, -0.25) is 0 Å². The average Bonchev–Trinajstić information content (AvgIpc) is 2.09. The maximum atomic E-state index is 9.65. The lowest BCUT2D eigenvalue weighted by atomic mass is 9.91. The smallest absolute Gasteiger partial charge is 0.106 e. The average molecular weight is 188 g/mol. The predicted molar refractivity (Wildman–Crippen MR) is 50.4 cm³/mol. The van der Waals surface area contributed by atoms with Gasteiger partial charge in [0.15, 0.2) is 0 Å². The Bertz CT molecular complexity index is 158. The van der Waals surface area contributed by atoms with Crippen molar-refractivity contribution in [1.82, 2.24) is 0 Å². The monoisotopic (exact) mass is 188 g/mol. The van der Waals surface area contributed by atoms with Crippen molar-refractivity contribution >= 4 is 0 Å². The number of aliphatic hydroxyl groups is 2. The lowest BCUT2D eigenvalue weighted by Gasteiger charge is -2.39. The first-order chi connectivity index (χ1) is 6.06. The van der Waals surface area contributed by atoms with Crippen LogP contribution in [0.1, 0.15) is 33.6 Å². The minimum absolute atomic E-state index is 0.103. The third-order valence-electron chi connectivity index (χ3n) is 2.70. The van der Waals surface area contributed by atoms with Crippen molar-refractivity contribution in [3.63, 3.8) is 0 Å². The van der Waals surface area contributed by atoms with Crippen LogP contribution in [0.2, 0.25) is 0 Å². The highest BCUT2D eigenvalue weighted by Crippen LogP contribution is 2.26. The molecule has 78 valence electrons. The summed E-state index contributed by atoms with van der Waals surface area (Å²) >= 11 is 0. The van der Waals surface area contributed by atoms with Crippen LogP contribution in [0, 0.1) is 5.92 Å². The van der Waals surface area contributed by atoms with Crippen LogP contribution < -0.4 is 0 Å². The van der Waals surface area contributed by atoms with Crippen LogP contribution in [0.15, 0.2) is 0 Å². The summed E-state index contributed by atoms with van der Waals surface area (Å²) in [6.45, 7) is 6.03. The Morgan fingerprint density at radius 1 is 1.38 bits per heavy atom. The molecule has 1 fully saturated rings. The van der Waals surface area contributed by atoms with Gasteiger partial charge in [0.05, 0.1) is 18.3 Å². The minimum atomic E-state index is -0.720. The van der Waals surface area contributed by atoms with Gasteiger partial charge in [-0.2, -0.15) is 0 Å². The van der Waals surface area contributed by atoms with Gasteiger partial charge in [0.25, 0.3) is 0 Å². The zero-order valence-electron chi connectivity index (χ0n) is 8.60. The molecular formula is C10H20O3.